The van der Waals surface area contributed by atoms with Gasteiger partial charge in [-0.1, -0.05) is 5.16 Å². The molecule has 1 unspecified atom stereocenters. The highest BCUT2D eigenvalue weighted by Gasteiger charge is 2.21. The van der Waals surface area contributed by atoms with E-state index in [-0.39, 0.29) is 5.82 Å². The van der Waals surface area contributed by atoms with Gasteiger partial charge in [0.2, 0.25) is 11.7 Å². The SMILES string of the molecule is CNCC1CCCN(Cc2nc(-c3ccc(F)cc3)no2)C1. The standard InChI is InChI=1S/C16H21FN4O/c1-18-9-12-3-2-8-21(10-12)11-15-19-16(20-22-15)13-4-6-14(17)7-5-13/h4-7,12,18H,2-3,8-11H2,1H3. The van der Waals surface area contributed by atoms with Crippen molar-refractivity contribution < 1.29 is 8.91 Å². The summed E-state index contributed by atoms with van der Waals surface area (Å²) in [5, 5.41) is 7.23. The van der Waals surface area contributed by atoms with E-state index in [9.17, 15) is 4.39 Å². The van der Waals surface area contributed by atoms with E-state index in [1.54, 1.807) is 12.1 Å². The minimum Gasteiger partial charge on any atom is -0.338 e. The van der Waals surface area contributed by atoms with Crippen LogP contribution in [0.3, 0.4) is 0 Å². The molecule has 1 saturated heterocycles. The normalized spacial score (nSPS) is 19.5. The van der Waals surface area contributed by atoms with Crippen molar-refractivity contribution in [3.8, 4) is 11.4 Å². The Morgan fingerprint density at radius 1 is 1.36 bits per heavy atom. The van der Waals surface area contributed by atoms with E-state index in [1.807, 2.05) is 7.05 Å². The first-order chi connectivity index (χ1) is 10.7. The van der Waals surface area contributed by atoms with Crippen LogP contribution in [0.2, 0.25) is 0 Å². The molecule has 0 bridgehead atoms. The molecule has 0 spiro atoms. The fourth-order valence-corrected chi connectivity index (χ4v) is 2.98. The van der Waals surface area contributed by atoms with E-state index in [1.165, 1.54) is 25.0 Å². The number of benzene rings is 1. The van der Waals surface area contributed by atoms with Gasteiger partial charge in [-0.05, 0) is 63.2 Å². The van der Waals surface area contributed by atoms with Crippen molar-refractivity contribution >= 4 is 0 Å². The average molecular weight is 304 g/mol. The molecule has 5 nitrogen and oxygen atoms in total. The zero-order chi connectivity index (χ0) is 15.4. The smallest absolute Gasteiger partial charge is 0.241 e. The van der Waals surface area contributed by atoms with Gasteiger partial charge in [-0.3, -0.25) is 4.90 Å². The number of piperidine rings is 1. The summed E-state index contributed by atoms with van der Waals surface area (Å²) in [5.41, 5.74) is 0.767. The van der Waals surface area contributed by atoms with Crippen molar-refractivity contribution in [2.45, 2.75) is 19.4 Å². The van der Waals surface area contributed by atoms with Crippen molar-refractivity contribution in [1.29, 1.82) is 0 Å². The maximum Gasteiger partial charge on any atom is 0.241 e. The van der Waals surface area contributed by atoms with Crippen molar-refractivity contribution in [2.24, 2.45) is 5.92 Å². The van der Waals surface area contributed by atoms with Gasteiger partial charge < -0.3 is 9.84 Å². The number of hydrogen-bond acceptors (Lipinski definition) is 5. The second kappa shape index (κ2) is 6.98. The molecule has 1 aliphatic rings. The molecule has 1 aromatic carbocycles. The van der Waals surface area contributed by atoms with E-state index in [2.05, 4.69) is 20.4 Å². The predicted molar refractivity (Wildman–Crippen MR) is 81.6 cm³/mol. The lowest BCUT2D eigenvalue weighted by Crippen LogP contribution is -2.38. The molecule has 6 heteroatoms. The second-order valence-corrected chi connectivity index (χ2v) is 5.82. The van der Waals surface area contributed by atoms with Gasteiger partial charge in [0.25, 0.3) is 0 Å². The van der Waals surface area contributed by atoms with E-state index < -0.39 is 0 Å². The summed E-state index contributed by atoms with van der Waals surface area (Å²) < 4.78 is 18.3. The first-order valence-corrected chi connectivity index (χ1v) is 7.70. The monoisotopic (exact) mass is 304 g/mol. The Balaban J connectivity index is 1.63. The van der Waals surface area contributed by atoms with Crippen LogP contribution in [0, 0.1) is 11.7 Å². The highest BCUT2D eigenvalue weighted by molar-refractivity contribution is 5.53. The van der Waals surface area contributed by atoms with E-state index >= 15 is 0 Å². The van der Waals surface area contributed by atoms with Crippen LogP contribution in [0.5, 0.6) is 0 Å². The number of likely N-dealkylation sites (tertiary alicyclic amines) is 1. The lowest BCUT2D eigenvalue weighted by molar-refractivity contribution is 0.149. The Labute approximate surface area is 129 Å². The molecule has 0 amide bonds. The summed E-state index contributed by atoms with van der Waals surface area (Å²) in [4.78, 5) is 6.77. The third-order valence-electron chi connectivity index (χ3n) is 4.03. The first-order valence-electron chi connectivity index (χ1n) is 7.70. The van der Waals surface area contributed by atoms with Crippen molar-refractivity contribution in [1.82, 2.24) is 20.4 Å². The van der Waals surface area contributed by atoms with Gasteiger partial charge >= 0.3 is 0 Å². The number of rotatable bonds is 5. The van der Waals surface area contributed by atoms with Crippen LogP contribution in [0.4, 0.5) is 4.39 Å². The Bertz CT molecular complexity index is 596. The molecule has 1 N–H and O–H groups in total. The molecular formula is C16H21FN4O. The molecule has 3 rings (SSSR count). The molecule has 0 aliphatic carbocycles. The molecule has 0 radical (unpaired) electrons. The zero-order valence-electron chi connectivity index (χ0n) is 12.8. The van der Waals surface area contributed by atoms with Crippen LogP contribution in [-0.4, -0.2) is 41.7 Å². The number of nitrogens with zero attached hydrogens (tertiary/aromatic N) is 3. The van der Waals surface area contributed by atoms with Crippen LogP contribution in [0.15, 0.2) is 28.8 Å². The Kier molecular flexibility index (Phi) is 4.80. The summed E-state index contributed by atoms with van der Waals surface area (Å²) in [6.45, 7) is 3.83. The summed E-state index contributed by atoms with van der Waals surface area (Å²) in [6, 6.07) is 6.12. The Morgan fingerprint density at radius 2 is 2.18 bits per heavy atom. The fraction of sp³-hybridized carbons (Fsp3) is 0.500. The van der Waals surface area contributed by atoms with Crippen LogP contribution in [-0.2, 0) is 6.54 Å². The molecule has 1 aromatic heterocycles. The molecule has 1 aliphatic heterocycles. The summed E-state index contributed by atoms with van der Waals surface area (Å²) in [7, 11) is 1.99. The van der Waals surface area contributed by atoms with Gasteiger partial charge in [-0.15, -0.1) is 0 Å². The predicted octanol–water partition coefficient (Wildman–Crippen LogP) is 2.31. The third kappa shape index (κ3) is 3.69. The lowest BCUT2D eigenvalue weighted by atomic mass is 9.98. The van der Waals surface area contributed by atoms with Crippen LogP contribution >= 0.6 is 0 Å². The molecule has 1 fully saturated rings. The third-order valence-corrected chi connectivity index (χ3v) is 4.03. The highest BCUT2D eigenvalue weighted by Crippen LogP contribution is 2.20. The van der Waals surface area contributed by atoms with Crippen molar-refractivity contribution in [3.63, 3.8) is 0 Å². The van der Waals surface area contributed by atoms with Gasteiger partial charge in [0, 0.05) is 12.1 Å². The summed E-state index contributed by atoms with van der Waals surface area (Å²) in [5.74, 6) is 1.54. The molecular weight excluding hydrogens is 283 g/mol. The molecule has 118 valence electrons. The summed E-state index contributed by atoms with van der Waals surface area (Å²) in [6.07, 6.45) is 2.47. The van der Waals surface area contributed by atoms with E-state index in [0.29, 0.717) is 24.2 Å². The Hall–Kier alpha value is -1.79. The van der Waals surface area contributed by atoms with Gasteiger partial charge in [0.15, 0.2) is 0 Å². The molecule has 1 atom stereocenters. The van der Waals surface area contributed by atoms with Crippen molar-refractivity contribution in [2.75, 3.05) is 26.7 Å². The minimum atomic E-state index is -0.267. The van der Waals surface area contributed by atoms with E-state index in [0.717, 1.165) is 25.2 Å². The lowest BCUT2D eigenvalue weighted by Gasteiger charge is -2.31. The van der Waals surface area contributed by atoms with Gasteiger partial charge in [0.05, 0.1) is 6.54 Å². The quantitative estimate of drug-likeness (QED) is 0.918. The number of aromatic nitrogens is 2. The number of hydrogen-bond donors (Lipinski definition) is 1. The fourth-order valence-electron chi connectivity index (χ4n) is 2.98. The highest BCUT2D eigenvalue weighted by atomic mass is 19.1. The van der Waals surface area contributed by atoms with E-state index in [4.69, 9.17) is 4.52 Å². The zero-order valence-corrected chi connectivity index (χ0v) is 12.8. The van der Waals surface area contributed by atoms with Gasteiger partial charge in [0.1, 0.15) is 5.82 Å². The molecule has 0 saturated carbocycles. The average Bonchev–Trinajstić information content (AvgIpc) is 2.97. The van der Waals surface area contributed by atoms with Gasteiger partial charge in [-0.2, -0.15) is 4.98 Å². The maximum absolute atomic E-state index is 12.9. The largest absolute Gasteiger partial charge is 0.338 e. The number of halogens is 1. The Morgan fingerprint density at radius 3 is 2.95 bits per heavy atom. The second-order valence-electron chi connectivity index (χ2n) is 5.82. The molecule has 2 heterocycles. The number of nitrogens with one attached hydrogen (secondary N) is 1. The van der Waals surface area contributed by atoms with Gasteiger partial charge in [-0.25, -0.2) is 4.39 Å². The minimum absolute atomic E-state index is 0.267. The topological polar surface area (TPSA) is 54.2 Å². The maximum atomic E-state index is 12.9. The van der Waals surface area contributed by atoms with Crippen molar-refractivity contribution in [3.05, 3.63) is 36.0 Å². The molecule has 2 aromatic rings. The van der Waals surface area contributed by atoms with Crippen LogP contribution in [0.1, 0.15) is 18.7 Å². The van der Waals surface area contributed by atoms with Crippen LogP contribution < -0.4 is 5.32 Å². The first kappa shape index (κ1) is 15.1. The molecule has 22 heavy (non-hydrogen) atoms. The van der Waals surface area contributed by atoms with Crippen LogP contribution in [0.25, 0.3) is 11.4 Å². The summed E-state index contributed by atoms with van der Waals surface area (Å²) >= 11 is 0.